The van der Waals surface area contributed by atoms with Gasteiger partial charge in [0.1, 0.15) is 18.1 Å². The van der Waals surface area contributed by atoms with E-state index in [0.717, 1.165) is 12.1 Å². The topological polar surface area (TPSA) is 123 Å². The average Bonchev–Trinajstić information content (AvgIpc) is 2.74. The van der Waals surface area contributed by atoms with Crippen LogP contribution in [0.3, 0.4) is 0 Å². The summed E-state index contributed by atoms with van der Waals surface area (Å²) in [6.07, 6.45) is 0. The second kappa shape index (κ2) is 10.4. The summed E-state index contributed by atoms with van der Waals surface area (Å²) in [5, 5.41) is 2.35. The monoisotopic (exact) mass is 403 g/mol. The van der Waals surface area contributed by atoms with Crippen LogP contribution in [0.15, 0.2) is 48.5 Å². The van der Waals surface area contributed by atoms with Gasteiger partial charge in [-0.1, -0.05) is 12.1 Å². The lowest BCUT2D eigenvalue weighted by molar-refractivity contribution is -0.147. The van der Waals surface area contributed by atoms with Crippen molar-refractivity contribution < 1.29 is 33.0 Å². The van der Waals surface area contributed by atoms with Gasteiger partial charge < -0.3 is 14.8 Å². The first-order valence-electron chi connectivity index (χ1n) is 8.32. The van der Waals surface area contributed by atoms with Gasteiger partial charge in [-0.3, -0.25) is 30.0 Å². The molecule has 0 fully saturated rings. The van der Waals surface area contributed by atoms with Gasteiger partial charge in [-0.05, 0) is 36.4 Å². The van der Waals surface area contributed by atoms with Crippen molar-refractivity contribution in [2.45, 2.75) is 0 Å². The summed E-state index contributed by atoms with van der Waals surface area (Å²) >= 11 is 0. The minimum atomic E-state index is -0.853. The van der Waals surface area contributed by atoms with Crippen molar-refractivity contribution in [3.05, 3.63) is 65.5 Å². The zero-order chi connectivity index (χ0) is 21.2. The number of hydrazine groups is 1. The third kappa shape index (κ3) is 6.61. The van der Waals surface area contributed by atoms with Crippen LogP contribution in [0.1, 0.15) is 20.7 Å². The van der Waals surface area contributed by atoms with E-state index in [4.69, 9.17) is 9.47 Å². The van der Waals surface area contributed by atoms with E-state index in [1.807, 2.05) is 5.43 Å². The van der Waals surface area contributed by atoms with Crippen LogP contribution in [0.25, 0.3) is 0 Å². The van der Waals surface area contributed by atoms with Gasteiger partial charge in [0.05, 0.1) is 12.7 Å². The normalized spacial score (nSPS) is 9.86. The Balaban J connectivity index is 1.70. The molecular formula is C19H18FN3O6. The highest BCUT2D eigenvalue weighted by molar-refractivity contribution is 5.98. The predicted molar refractivity (Wildman–Crippen MR) is 98.3 cm³/mol. The number of amides is 3. The Morgan fingerprint density at radius 1 is 0.931 bits per heavy atom. The van der Waals surface area contributed by atoms with Gasteiger partial charge in [0.15, 0.2) is 6.61 Å². The first-order valence-corrected chi connectivity index (χ1v) is 8.32. The summed E-state index contributed by atoms with van der Waals surface area (Å²) < 4.78 is 22.6. The maximum Gasteiger partial charge on any atom is 0.325 e. The minimum absolute atomic E-state index is 0.128. The van der Waals surface area contributed by atoms with Gasteiger partial charge in [0.25, 0.3) is 17.7 Å². The van der Waals surface area contributed by atoms with E-state index in [-0.39, 0.29) is 11.1 Å². The number of halogens is 1. The number of hydrogen-bond donors (Lipinski definition) is 3. The number of carbonyl (C=O) groups is 4. The van der Waals surface area contributed by atoms with Gasteiger partial charge in [-0.25, -0.2) is 4.39 Å². The number of ether oxygens (including phenoxy) is 2. The fraction of sp³-hybridized carbons (Fsp3) is 0.158. The SMILES string of the molecule is COc1ccccc1C(=O)NCC(=O)OCC(=O)NNC(=O)c1ccc(F)cc1. The molecule has 0 saturated carbocycles. The number of nitrogens with one attached hydrogen (secondary N) is 3. The van der Waals surface area contributed by atoms with Crippen LogP contribution in [-0.4, -0.2) is 44.0 Å². The van der Waals surface area contributed by atoms with Crippen molar-refractivity contribution in [1.82, 2.24) is 16.2 Å². The first-order chi connectivity index (χ1) is 13.9. The Kier molecular flexibility index (Phi) is 7.66. The fourth-order valence-electron chi connectivity index (χ4n) is 2.11. The highest BCUT2D eigenvalue weighted by atomic mass is 19.1. The lowest BCUT2D eigenvalue weighted by atomic mass is 10.2. The second-order valence-corrected chi connectivity index (χ2v) is 5.55. The average molecular weight is 403 g/mol. The molecule has 3 N–H and O–H groups in total. The molecule has 0 radical (unpaired) electrons. The van der Waals surface area contributed by atoms with E-state index in [2.05, 4.69) is 10.7 Å². The number of benzene rings is 2. The number of methoxy groups -OCH3 is 1. The molecule has 0 bridgehead atoms. The summed E-state index contributed by atoms with van der Waals surface area (Å²) in [6, 6.07) is 11.1. The van der Waals surface area contributed by atoms with Crippen LogP contribution in [0.4, 0.5) is 4.39 Å². The van der Waals surface area contributed by atoms with Crippen LogP contribution >= 0.6 is 0 Å². The summed E-state index contributed by atoms with van der Waals surface area (Å²) in [5.74, 6) is -3.03. The number of hydrogen-bond acceptors (Lipinski definition) is 6. The Morgan fingerprint density at radius 2 is 1.62 bits per heavy atom. The third-order valence-corrected chi connectivity index (χ3v) is 3.53. The van der Waals surface area contributed by atoms with Crippen molar-refractivity contribution >= 4 is 23.7 Å². The summed E-state index contributed by atoms with van der Waals surface area (Å²) in [4.78, 5) is 47.1. The Labute approximate surface area is 165 Å². The van der Waals surface area contributed by atoms with Gasteiger partial charge in [-0.2, -0.15) is 0 Å². The zero-order valence-corrected chi connectivity index (χ0v) is 15.4. The van der Waals surface area contributed by atoms with Crippen LogP contribution in [0.2, 0.25) is 0 Å². The lowest BCUT2D eigenvalue weighted by Crippen LogP contribution is -2.44. The highest BCUT2D eigenvalue weighted by Crippen LogP contribution is 2.16. The van der Waals surface area contributed by atoms with Crippen LogP contribution < -0.4 is 20.9 Å². The Hall–Kier alpha value is -3.95. The number of carbonyl (C=O) groups excluding carboxylic acids is 4. The van der Waals surface area contributed by atoms with Crippen molar-refractivity contribution in [3.8, 4) is 5.75 Å². The molecule has 0 aliphatic rings. The molecule has 0 aromatic heterocycles. The van der Waals surface area contributed by atoms with Crippen molar-refractivity contribution in [2.75, 3.05) is 20.3 Å². The van der Waals surface area contributed by atoms with E-state index < -0.39 is 42.7 Å². The molecule has 0 saturated heterocycles. The van der Waals surface area contributed by atoms with E-state index in [1.54, 1.807) is 18.2 Å². The van der Waals surface area contributed by atoms with Gasteiger partial charge in [0.2, 0.25) is 0 Å². The molecule has 10 heteroatoms. The predicted octanol–water partition coefficient (Wildman–Crippen LogP) is 0.568. The molecule has 0 heterocycles. The number of esters is 1. The van der Waals surface area contributed by atoms with Crippen molar-refractivity contribution in [3.63, 3.8) is 0 Å². The van der Waals surface area contributed by atoms with Crippen LogP contribution in [-0.2, 0) is 14.3 Å². The molecule has 3 amide bonds. The molecule has 2 aromatic rings. The molecule has 0 spiro atoms. The van der Waals surface area contributed by atoms with E-state index in [0.29, 0.717) is 5.75 Å². The summed E-state index contributed by atoms with van der Waals surface area (Å²) in [5.41, 5.74) is 4.50. The second-order valence-electron chi connectivity index (χ2n) is 5.55. The molecule has 9 nitrogen and oxygen atoms in total. The molecule has 0 aliphatic heterocycles. The molecule has 2 aromatic carbocycles. The maximum absolute atomic E-state index is 12.8. The molecule has 29 heavy (non-hydrogen) atoms. The molecular weight excluding hydrogens is 385 g/mol. The summed E-state index contributed by atoms with van der Waals surface area (Å²) in [7, 11) is 1.41. The van der Waals surface area contributed by atoms with Crippen LogP contribution in [0, 0.1) is 5.82 Å². The Morgan fingerprint density at radius 3 is 2.31 bits per heavy atom. The van der Waals surface area contributed by atoms with Crippen molar-refractivity contribution in [1.29, 1.82) is 0 Å². The Bertz CT molecular complexity index is 901. The molecule has 0 unspecified atom stereocenters. The molecule has 2 rings (SSSR count). The van der Waals surface area contributed by atoms with Gasteiger partial charge in [0, 0.05) is 5.56 Å². The first kappa shape index (κ1) is 21.4. The fourth-order valence-corrected chi connectivity index (χ4v) is 2.11. The van der Waals surface area contributed by atoms with E-state index >= 15 is 0 Å². The smallest absolute Gasteiger partial charge is 0.325 e. The van der Waals surface area contributed by atoms with E-state index in [1.165, 1.54) is 25.3 Å². The molecule has 0 aliphatic carbocycles. The van der Waals surface area contributed by atoms with Gasteiger partial charge in [-0.15, -0.1) is 0 Å². The molecule has 152 valence electrons. The number of rotatable bonds is 7. The molecule has 0 atom stereocenters. The standard InChI is InChI=1S/C19H18FN3O6/c1-28-15-5-3-2-4-14(15)19(27)21-10-17(25)29-11-16(24)22-23-18(26)12-6-8-13(20)9-7-12/h2-9H,10-11H2,1H3,(H,21,27)(H,22,24)(H,23,26). The van der Waals surface area contributed by atoms with Crippen LogP contribution in [0.5, 0.6) is 5.75 Å². The van der Waals surface area contributed by atoms with Gasteiger partial charge >= 0.3 is 5.97 Å². The highest BCUT2D eigenvalue weighted by Gasteiger charge is 2.14. The zero-order valence-electron chi connectivity index (χ0n) is 15.4. The lowest BCUT2D eigenvalue weighted by Gasteiger charge is -2.10. The minimum Gasteiger partial charge on any atom is -0.496 e. The summed E-state index contributed by atoms with van der Waals surface area (Å²) in [6.45, 7) is -1.14. The van der Waals surface area contributed by atoms with E-state index in [9.17, 15) is 23.6 Å². The third-order valence-electron chi connectivity index (χ3n) is 3.53. The number of para-hydroxylation sites is 1. The largest absolute Gasteiger partial charge is 0.496 e. The quantitative estimate of drug-likeness (QED) is 0.459. The van der Waals surface area contributed by atoms with Crippen molar-refractivity contribution in [2.24, 2.45) is 0 Å². The maximum atomic E-state index is 12.8.